The standard InChI is InChI=1S/C10H16N2O3S/c11-7-2-1-6(3-7)9(13)12-5-16-4-8(12)10(14)15/h6-8H,1-5,11H2,(H,14,15)/t6?,7?,8-/m0/s1. The van der Waals surface area contributed by atoms with Crippen LogP contribution in [0.5, 0.6) is 0 Å². The summed E-state index contributed by atoms with van der Waals surface area (Å²) in [6.07, 6.45) is 2.37. The molecule has 90 valence electrons. The van der Waals surface area contributed by atoms with Gasteiger partial charge >= 0.3 is 5.97 Å². The molecule has 1 aliphatic carbocycles. The molecule has 1 saturated heterocycles. The minimum Gasteiger partial charge on any atom is -0.480 e. The first-order chi connectivity index (χ1) is 7.59. The number of carboxylic acid groups (broad SMARTS) is 1. The van der Waals surface area contributed by atoms with Gasteiger partial charge in [0.2, 0.25) is 5.91 Å². The number of nitrogens with zero attached hydrogens (tertiary/aromatic N) is 1. The molecular formula is C10H16N2O3S. The Morgan fingerprint density at radius 1 is 1.38 bits per heavy atom. The van der Waals surface area contributed by atoms with Crippen molar-refractivity contribution in [1.29, 1.82) is 0 Å². The van der Waals surface area contributed by atoms with Gasteiger partial charge in [-0.15, -0.1) is 11.8 Å². The summed E-state index contributed by atoms with van der Waals surface area (Å²) >= 11 is 1.50. The first kappa shape index (κ1) is 11.7. The number of hydrogen-bond acceptors (Lipinski definition) is 4. The molecule has 1 aliphatic heterocycles. The predicted molar refractivity (Wildman–Crippen MR) is 60.9 cm³/mol. The summed E-state index contributed by atoms with van der Waals surface area (Å²) < 4.78 is 0. The summed E-state index contributed by atoms with van der Waals surface area (Å²) in [5, 5.41) is 9.00. The molecular weight excluding hydrogens is 228 g/mol. The molecule has 1 amide bonds. The van der Waals surface area contributed by atoms with E-state index in [1.165, 1.54) is 16.7 Å². The molecule has 0 aromatic carbocycles. The Morgan fingerprint density at radius 2 is 2.12 bits per heavy atom. The van der Waals surface area contributed by atoms with Gasteiger partial charge in [0.05, 0.1) is 5.88 Å². The molecule has 2 rings (SSSR count). The lowest BCUT2D eigenvalue weighted by atomic mass is 10.1. The largest absolute Gasteiger partial charge is 0.480 e. The second-order valence-corrected chi connectivity index (χ2v) is 5.43. The molecule has 0 spiro atoms. The second-order valence-electron chi connectivity index (χ2n) is 4.43. The maximum absolute atomic E-state index is 12.1. The second kappa shape index (κ2) is 4.63. The molecule has 0 radical (unpaired) electrons. The molecule has 5 nitrogen and oxygen atoms in total. The monoisotopic (exact) mass is 244 g/mol. The number of thioether (sulfide) groups is 1. The average molecular weight is 244 g/mol. The van der Waals surface area contributed by atoms with Crippen LogP contribution in [0.2, 0.25) is 0 Å². The van der Waals surface area contributed by atoms with Crippen LogP contribution in [0.4, 0.5) is 0 Å². The number of nitrogens with two attached hydrogens (primary N) is 1. The van der Waals surface area contributed by atoms with Gasteiger partial charge in [-0.1, -0.05) is 0 Å². The zero-order chi connectivity index (χ0) is 11.7. The Balaban J connectivity index is 2.01. The van der Waals surface area contributed by atoms with Crippen molar-refractivity contribution in [3.8, 4) is 0 Å². The zero-order valence-corrected chi connectivity index (χ0v) is 9.78. The Hall–Kier alpha value is -0.750. The lowest BCUT2D eigenvalue weighted by Crippen LogP contribution is -2.44. The number of aliphatic carboxylic acids is 1. The number of amides is 1. The summed E-state index contributed by atoms with van der Waals surface area (Å²) in [4.78, 5) is 24.6. The first-order valence-electron chi connectivity index (χ1n) is 5.46. The summed E-state index contributed by atoms with van der Waals surface area (Å²) in [5.74, 6) is 0.0167. The first-order valence-corrected chi connectivity index (χ1v) is 6.61. The van der Waals surface area contributed by atoms with Gasteiger partial charge in [-0.3, -0.25) is 4.79 Å². The third kappa shape index (κ3) is 2.17. The molecule has 16 heavy (non-hydrogen) atoms. The molecule has 0 aromatic rings. The van der Waals surface area contributed by atoms with E-state index in [0.29, 0.717) is 18.1 Å². The third-order valence-electron chi connectivity index (χ3n) is 3.27. The predicted octanol–water partition coefficient (Wildman–Crippen LogP) is 0.0999. The summed E-state index contributed by atoms with van der Waals surface area (Å²) in [6.45, 7) is 0. The molecule has 3 atom stereocenters. The van der Waals surface area contributed by atoms with E-state index in [2.05, 4.69) is 0 Å². The van der Waals surface area contributed by atoms with Crippen molar-refractivity contribution < 1.29 is 14.7 Å². The van der Waals surface area contributed by atoms with Gasteiger partial charge in [-0.05, 0) is 19.3 Å². The minimum atomic E-state index is -0.902. The fraction of sp³-hybridized carbons (Fsp3) is 0.800. The molecule has 1 saturated carbocycles. The van der Waals surface area contributed by atoms with Crippen molar-refractivity contribution in [2.24, 2.45) is 11.7 Å². The van der Waals surface area contributed by atoms with E-state index in [1.807, 2.05) is 0 Å². The van der Waals surface area contributed by atoms with Gasteiger partial charge in [0.15, 0.2) is 0 Å². The van der Waals surface area contributed by atoms with Crippen LogP contribution in [0.3, 0.4) is 0 Å². The Morgan fingerprint density at radius 3 is 2.69 bits per heavy atom. The van der Waals surface area contributed by atoms with Gasteiger partial charge in [0.1, 0.15) is 6.04 Å². The summed E-state index contributed by atoms with van der Waals surface area (Å²) in [5.41, 5.74) is 5.76. The van der Waals surface area contributed by atoms with Crippen LogP contribution in [-0.2, 0) is 9.59 Å². The minimum absolute atomic E-state index is 0.0228. The number of carbonyl (C=O) groups is 2. The molecule has 3 N–H and O–H groups in total. The van der Waals surface area contributed by atoms with E-state index in [4.69, 9.17) is 10.8 Å². The highest BCUT2D eigenvalue weighted by Crippen LogP contribution is 2.30. The van der Waals surface area contributed by atoms with E-state index in [-0.39, 0.29) is 17.9 Å². The number of carbonyl (C=O) groups excluding carboxylic acids is 1. The van der Waals surface area contributed by atoms with E-state index < -0.39 is 12.0 Å². The van der Waals surface area contributed by atoms with Crippen molar-refractivity contribution in [2.75, 3.05) is 11.6 Å². The molecule has 2 aliphatic rings. The van der Waals surface area contributed by atoms with Crippen molar-refractivity contribution in [1.82, 2.24) is 4.90 Å². The number of rotatable bonds is 2. The van der Waals surface area contributed by atoms with Crippen LogP contribution in [0.25, 0.3) is 0 Å². The molecule has 0 aromatic heterocycles. The van der Waals surface area contributed by atoms with Crippen molar-refractivity contribution in [2.45, 2.75) is 31.3 Å². The Bertz CT molecular complexity index is 310. The molecule has 0 bridgehead atoms. The Kier molecular flexibility index (Phi) is 3.39. The normalized spacial score (nSPS) is 34.3. The maximum Gasteiger partial charge on any atom is 0.327 e. The maximum atomic E-state index is 12.1. The van der Waals surface area contributed by atoms with Crippen molar-refractivity contribution in [3.63, 3.8) is 0 Å². The van der Waals surface area contributed by atoms with Crippen LogP contribution in [0.1, 0.15) is 19.3 Å². The fourth-order valence-electron chi connectivity index (χ4n) is 2.34. The van der Waals surface area contributed by atoms with Crippen LogP contribution in [0.15, 0.2) is 0 Å². The van der Waals surface area contributed by atoms with Gasteiger partial charge < -0.3 is 15.7 Å². The van der Waals surface area contributed by atoms with E-state index in [1.54, 1.807) is 0 Å². The number of carboxylic acids is 1. The van der Waals surface area contributed by atoms with Gasteiger partial charge in [0, 0.05) is 17.7 Å². The Labute approximate surface area is 98.4 Å². The van der Waals surface area contributed by atoms with Gasteiger partial charge in [-0.25, -0.2) is 4.79 Å². The van der Waals surface area contributed by atoms with Gasteiger partial charge in [-0.2, -0.15) is 0 Å². The smallest absolute Gasteiger partial charge is 0.327 e. The third-order valence-corrected chi connectivity index (χ3v) is 4.29. The summed E-state index contributed by atoms with van der Waals surface area (Å²) in [7, 11) is 0. The molecule has 1 heterocycles. The van der Waals surface area contributed by atoms with E-state index in [9.17, 15) is 9.59 Å². The van der Waals surface area contributed by atoms with Crippen LogP contribution in [0, 0.1) is 5.92 Å². The highest BCUT2D eigenvalue weighted by Gasteiger charge is 2.39. The molecule has 2 unspecified atom stereocenters. The van der Waals surface area contributed by atoms with E-state index in [0.717, 1.165) is 12.8 Å². The SMILES string of the molecule is NC1CCC(C(=O)N2CSC[C@H]2C(=O)O)C1. The van der Waals surface area contributed by atoms with Crippen molar-refractivity contribution >= 4 is 23.6 Å². The van der Waals surface area contributed by atoms with Crippen LogP contribution in [-0.4, -0.2) is 45.6 Å². The zero-order valence-electron chi connectivity index (χ0n) is 8.96. The lowest BCUT2D eigenvalue weighted by Gasteiger charge is -2.23. The van der Waals surface area contributed by atoms with Crippen LogP contribution >= 0.6 is 11.8 Å². The topological polar surface area (TPSA) is 83.6 Å². The fourth-order valence-corrected chi connectivity index (χ4v) is 3.49. The average Bonchev–Trinajstić information content (AvgIpc) is 2.84. The van der Waals surface area contributed by atoms with Gasteiger partial charge in [0.25, 0.3) is 0 Å². The highest BCUT2D eigenvalue weighted by atomic mass is 32.2. The van der Waals surface area contributed by atoms with E-state index >= 15 is 0 Å². The van der Waals surface area contributed by atoms with Crippen molar-refractivity contribution in [3.05, 3.63) is 0 Å². The number of hydrogen-bond donors (Lipinski definition) is 2. The molecule has 2 fully saturated rings. The summed E-state index contributed by atoms with van der Waals surface area (Å²) in [6, 6.07) is -0.540. The lowest BCUT2D eigenvalue weighted by molar-refractivity contribution is -0.149. The molecule has 6 heteroatoms. The van der Waals surface area contributed by atoms with Crippen LogP contribution < -0.4 is 5.73 Å². The quantitative estimate of drug-likeness (QED) is 0.719. The highest BCUT2D eigenvalue weighted by molar-refractivity contribution is 7.99.